The van der Waals surface area contributed by atoms with Crippen molar-refractivity contribution < 1.29 is 9.90 Å². The summed E-state index contributed by atoms with van der Waals surface area (Å²) in [6.45, 7) is 1.80. The Kier molecular flexibility index (Phi) is 2.40. The van der Waals surface area contributed by atoms with E-state index in [-0.39, 0.29) is 0 Å². The Morgan fingerprint density at radius 3 is 2.87 bits per heavy atom. The van der Waals surface area contributed by atoms with Crippen LogP contribution in [0.4, 0.5) is 0 Å². The third kappa shape index (κ3) is 1.83. The second kappa shape index (κ2) is 3.71. The molecule has 15 heavy (non-hydrogen) atoms. The van der Waals surface area contributed by atoms with Crippen molar-refractivity contribution >= 4 is 5.97 Å². The van der Waals surface area contributed by atoms with Gasteiger partial charge in [-0.15, -0.1) is 0 Å². The van der Waals surface area contributed by atoms with E-state index in [0.717, 1.165) is 17.7 Å². The number of fused-ring (bicyclic) bond motifs is 1. The Bertz CT molecular complexity index is 448. The molecule has 1 aliphatic heterocycles. The summed E-state index contributed by atoms with van der Waals surface area (Å²) in [7, 11) is 0. The van der Waals surface area contributed by atoms with Gasteiger partial charge in [-0.25, -0.2) is 4.79 Å². The van der Waals surface area contributed by atoms with E-state index in [9.17, 15) is 4.79 Å². The van der Waals surface area contributed by atoms with E-state index in [1.165, 1.54) is 0 Å². The quantitative estimate of drug-likeness (QED) is 0.732. The molecule has 1 aliphatic rings. The number of rotatable bonds is 2. The fourth-order valence-electron chi connectivity index (χ4n) is 1.81. The van der Waals surface area contributed by atoms with Crippen LogP contribution in [0.15, 0.2) is 18.2 Å². The van der Waals surface area contributed by atoms with Crippen LogP contribution in [0.25, 0.3) is 0 Å². The molecule has 2 rings (SSSR count). The lowest BCUT2D eigenvalue weighted by Crippen LogP contribution is -2.15. The van der Waals surface area contributed by atoms with E-state index >= 15 is 0 Å². The van der Waals surface area contributed by atoms with E-state index in [1.807, 2.05) is 11.0 Å². The van der Waals surface area contributed by atoms with E-state index in [4.69, 9.17) is 10.4 Å². The average molecular weight is 202 g/mol. The number of aromatic carboxylic acids is 1. The molecule has 0 saturated heterocycles. The van der Waals surface area contributed by atoms with Gasteiger partial charge in [-0.2, -0.15) is 5.26 Å². The fraction of sp³-hybridized carbons (Fsp3) is 0.273. The maximum absolute atomic E-state index is 10.7. The van der Waals surface area contributed by atoms with E-state index < -0.39 is 5.97 Å². The Hall–Kier alpha value is -1.86. The van der Waals surface area contributed by atoms with Gasteiger partial charge >= 0.3 is 5.97 Å². The Balaban J connectivity index is 2.24. The first kappa shape index (κ1) is 9.69. The zero-order valence-corrected chi connectivity index (χ0v) is 8.10. The summed E-state index contributed by atoms with van der Waals surface area (Å²) in [5.41, 5.74) is 2.45. The normalized spacial score (nSPS) is 14.6. The first-order valence-corrected chi connectivity index (χ1v) is 4.65. The van der Waals surface area contributed by atoms with Gasteiger partial charge in [0, 0.05) is 13.1 Å². The highest BCUT2D eigenvalue weighted by Crippen LogP contribution is 2.23. The van der Waals surface area contributed by atoms with Crippen molar-refractivity contribution in [2.24, 2.45) is 0 Å². The second-order valence-electron chi connectivity index (χ2n) is 3.59. The lowest BCUT2D eigenvalue weighted by molar-refractivity contribution is 0.0697. The highest BCUT2D eigenvalue weighted by molar-refractivity contribution is 5.87. The van der Waals surface area contributed by atoms with Crippen LogP contribution in [-0.4, -0.2) is 22.5 Å². The van der Waals surface area contributed by atoms with Crippen molar-refractivity contribution in [1.29, 1.82) is 5.26 Å². The highest BCUT2D eigenvalue weighted by atomic mass is 16.4. The molecule has 1 aromatic carbocycles. The second-order valence-corrected chi connectivity index (χ2v) is 3.59. The van der Waals surface area contributed by atoms with E-state index in [2.05, 4.69) is 6.07 Å². The number of hydrogen-bond donors (Lipinski definition) is 1. The molecule has 4 nitrogen and oxygen atoms in total. The molecule has 0 saturated carbocycles. The first-order chi connectivity index (χ1) is 7.20. The van der Waals surface area contributed by atoms with Crippen molar-refractivity contribution in [1.82, 2.24) is 4.90 Å². The lowest BCUT2D eigenvalue weighted by Gasteiger charge is -2.07. The minimum Gasteiger partial charge on any atom is -0.478 e. The number of benzene rings is 1. The number of carboxylic acid groups (broad SMARTS) is 1. The molecule has 0 bridgehead atoms. The largest absolute Gasteiger partial charge is 0.478 e. The summed E-state index contributed by atoms with van der Waals surface area (Å²) >= 11 is 0. The fourth-order valence-corrected chi connectivity index (χ4v) is 1.81. The SMILES string of the molecule is N#CCN1Cc2ccc(C(=O)O)cc2C1. The number of carboxylic acids is 1. The first-order valence-electron chi connectivity index (χ1n) is 4.65. The minimum atomic E-state index is -0.906. The van der Waals surface area contributed by atoms with Gasteiger partial charge in [-0.1, -0.05) is 6.07 Å². The topological polar surface area (TPSA) is 64.3 Å². The van der Waals surface area contributed by atoms with Crippen LogP contribution in [0.5, 0.6) is 0 Å². The van der Waals surface area contributed by atoms with Crippen molar-refractivity contribution in [3.8, 4) is 6.07 Å². The van der Waals surface area contributed by atoms with Crippen molar-refractivity contribution in [2.45, 2.75) is 13.1 Å². The standard InChI is InChI=1S/C11H10N2O2/c12-3-4-13-6-9-2-1-8(11(14)15)5-10(9)7-13/h1-2,5H,4,6-7H2,(H,14,15). The smallest absolute Gasteiger partial charge is 0.335 e. The van der Waals surface area contributed by atoms with E-state index in [1.54, 1.807) is 12.1 Å². The van der Waals surface area contributed by atoms with Gasteiger partial charge in [-0.3, -0.25) is 4.90 Å². The summed E-state index contributed by atoms with van der Waals surface area (Å²) in [5.74, 6) is -0.906. The molecule has 0 spiro atoms. The molecular formula is C11H10N2O2. The molecular weight excluding hydrogens is 192 g/mol. The van der Waals surface area contributed by atoms with Gasteiger partial charge in [0.15, 0.2) is 0 Å². The van der Waals surface area contributed by atoms with Crippen LogP contribution >= 0.6 is 0 Å². The van der Waals surface area contributed by atoms with Gasteiger partial charge in [-0.05, 0) is 23.3 Å². The van der Waals surface area contributed by atoms with Crippen molar-refractivity contribution in [2.75, 3.05) is 6.54 Å². The molecule has 1 aromatic rings. The molecule has 0 fully saturated rings. The van der Waals surface area contributed by atoms with Gasteiger partial charge in [0.05, 0.1) is 18.2 Å². The summed E-state index contributed by atoms with van der Waals surface area (Å²) in [5, 5.41) is 17.4. The third-order valence-electron chi connectivity index (χ3n) is 2.54. The van der Waals surface area contributed by atoms with Crippen molar-refractivity contribution in [3.05, 3.63) is 34.9 Å². The maximum Gasteiger partial charge on any atom is 0.335 e. The van der Waals surface area contributed by atoms with Crippen LogP contribution in [0.1, 0.15) is 21.5 Å². The molecule has 0 aliphatic carbocycles. The molecule has 0 radical (unpaired) electrons. The molecule has 0 amide bonds. The summed E-state index contributed by atoms with van der Waals surface area (Å²) in [4.78, 5) is 12.7. The van der Waals surface area contributed by atoms with Crippen LogP contribution in [0, 0.1) is 11.3 Å². The summed E-state index contributed by atoms with van der Waals surface area (Å²) in [6.07, 6.45) is 0. The summed E-state index contributed by atoms with van der Waals surface area (Å²) < 4.78 is 0. The predicted octanol–water partition coefficient (Wildman–Crippen LogP) is 1.22. The third-order valence-corrected chi connectivity index (χ3v) is 2.54. The van der Waals surface area contributed by atoms with E-state index in [0.29, 0.717) is 18.7 Å². The van der Waals surface area contributed by atoms with Crippen LogP contribution in [-0.2, 0) is 13.1 Å². The zero-order valence-electron chi connectivity index (χ0n) is 8.10. The highest BCUT2D eigenvalue weighted by Gasteiger charge is 2.19. The summed E-state index contributed by atoms with van der Waals surface area (Å²) in [6, 6.07) is 7.22. The van der Waals surface area contributed by atoms with Gasteiger partial charge in [0.25, 0.3) is 0 Å². The minimum absolute atomic E-state index is 0.313. The number of hydrogen-bond acceptors (Lipinski definition) is 3. The molecule has 76 valence electrons. The molecule has 0 aromatic heterocycles. The number of nitrogens with zero attached hydrogens (tertiary/aromatic N) is 2. The maximum atomic E-state index is 10.7. The van der Waals surface area contributed by atoms with Crippen LogP contribution in [0.3, 0.4) is 0 Å². The number of carbonyl (C=O) groups is 1. The molecule has 0 unspecified atom stereocenters. The van der Waals surface area contributed by atoms with Crippen molar-refractivity contribution in [3.63, 3.8) is 0 Å². The van der Waals surface area contributed by atoms with Crippen LogP contribution in [0.2, 0.25) is 0 Å². The monoisotopic (exact) mass is 202 g/mol. The Morgan fingerprint density at radius 2 is 2.20 bits per heavy atom. The van der Waals surface area contributed by atoms with Gasteiger partial charge < -0.3 is 5.11 Å². The van der Waals surface area contributed by atoms with Crippen LogP contribution < -0.4 is 0 Å². The average Bonchev–Trinajstić information content (AvgIpc) is 2.59. The predicted molar refractivity (Wildman–Crippen MR) is 53.1 cm³/mol. The number of nitriles is 1. The molecule has 4 heteroatoms. The van der Waals surface area contributed by atoms with Gasteiger partial charge in [0.2, 0.25) is 0 Å². The molecule has 1 heterocycles. The molecule has 0 atom stereocenters. The Labute approximate surface area is 87.4 Å². The zero-order chi connectivity index (χ0) is 10.8. The lowest BCUT2D eigenvalue weighted by atomic mass is 10.1. The van der Waals surface area contributed by atoms with Gasteiger partial charge in [0.1, 0.15) is 0 Å². The Morgan fingerprint density at radius 1 is 1.47 bits per heavy atom. The molecule has 1 N–H and O–H groups in total.